The molecule has 2 aromatic heterocycles. The van der Waals surface area contributed by atoms with Gasteiger partial charge in [0.25, 0.3) is 5.56 Å². The third kappa shape index (κ3) is 4.78. The van der Waals surface area contributed by atoms with Gasteiger partial charge in [0.1, 0.15) is 0 Å². The lowest BCUT2D eigenvalue weighted by Crippen LogP contribution is -2.22. The van der Waals surface area contributed by atoms with E-state index in [-0.39, 0.29) is 5.56 Å². The quantitative estimate of drug-likeness (QED) is 0.199. The van der Waals surface area contributed by atoms with Gasteiger partial charge in [0.15, 0.2) is 16.5 Å². The van der Waals surface area contributed by atoms with Gasteiger partial charge < -0.3 is 9.47 Å². The molecule has 5 nitrogen and oxygen atoms in total. The molecule has 0 saturated carbocycles. The number of aromatic nitrogens is 2. The van der Waals surface area contributed by atoms with Gasteiger partial charge >= 0.3 is 0 Å². The third-order valence-electron chi connectivity index (χ3n) is 5.13. The molecule has 34 heavy (non-hydrogen) atoms. The van der Waals surface area contributed by atoms with Crippen LogP contribution in [0.25, 0.3) is 22.1 Å². The van der Waals surface area contributed by atoms with Crippen LogP contribution in [0.15, 0.2) is 76.4 Å². The van der Waals surface area contributed by atoms with Crippen molar-refractivity contribution >= 4 is 56.8 Å². The lowest BCUT2D eigenvalue weighted by atomic mass is 10.2. The summed E-state index contributed by atoms with van der Waals surface area (Å²) in [6.07, 6.45) is 1.87. The fourth-order valence-corrected chi connectivity index (χ4v) is 5.45. The number of thioether (sulfide) groups is 1. The molecule has 0 aliphatic carbocycles. The number of para-hydroxylation sites is 2. The predicted molar refractivity (Wildman–Crippen MR) is 141 cm³/mol. The van der Waals surface area contributed by atoms with Crippen LogP contribution < -0.4 is 19.6 Å². The molecule has 0 amide bonds. The average Bonchev–Trinajstić information content (AvgIpc) is 3.35. The maximum Gasteiger partial charge on any atom is 0.274 e. The Kier molecular flexibility index (Phi) is 6.76. The topological polar surface area (TPSA) is 52.8 Å². The number of halogens is 1. The van der Waals surface area contributed by atoms with Crippen LogP contribution in [0.5, 0.6) is 11.5 Å². The van der Waals surface area contributed by atoms with E-state index in [2.05, 4.69) is 4.98 Å². The van der Waals surface area contributed by atoms with Crippen LogP contribution in [0.1, 0.15) is 12.5 Å². The third-order valence-corrected chi connectivity index (χ3v) is 7.33. The minimum Gasteiger partial charge on any atom is -0.490 e. The Balaban J connectivity index is 1.35. The average molecular weight is 509 g/mol. The van der Waals surface area contributed by atoms with E-state index in [1.165, 1.54) is 11.3 Å². The lowest BCUT2D eigenvalue weighted by molar-refractivity contribution is 0.289. The first-order valence-corrected chi connectivity index (χ1v) is 13.0. The van der Waals surface area contributed by atoms with E-state index >= 15 is 0 Å². The van der Waals surface area contributed by atoms with Crippen LogP contribution in [0, 0.1) is 0 Å². The van der Waals surface area contributed by atoms with Crippen LogP contribution >= 0.6 is 34.7 Å². The molecule has 5 aromatic rings. The van der Waals surface area contributed by atoms with Crippen molar-refractivity contribution in [2.24, 2.45) is 0 Å². The molecule has 0 unspecified atom stereocenters. The zero-order chi connectivity index (χ0) is 23.5. The smallest absolute Gasteiger partial charge is 0.274 e. The second-order valence-electron chi connectivity index (χ2n) is 7.42. The Morgan fingerprint density at radius 2 is 1.88 bits per heavy atom. The van der Waals surface area contributed by atoms with Crippen molar-refractivity contribution in [1.29, 1.82) is 0 Å². The highest BCUT2D eigenvalue weighted by Crippen LogP contribution is 2.29. The molecule has 0 N–H and O–H groups in total. The lowest BCUT2D eigenvalue weighted by Gasteiger charge is -2.12. The van der Waals surface area contributed by atoms with Gasteiger partial charge in [0.2, 0.25) is 0 Å². The van der Waals surface area contributed by atoms with E-state index in [4.69, 9.17) is 21.1 Å². The molecular weight excluding hydrogens is 488 g/mol. The first-order valence-electron chi connectivity index (χ1n) is 10.8. The molecule has 0 aliphatic heterocycles. The summed E-state index contributed by atoms with van der Waals surface area (Å²) >= 11 is 9.03. The molecule has 0 bridgehead atoms. The van der Waals surface area contributed by atoms with E-state index in [0.29, 0.717) is 34.2 Å². The monoisotopic (exact) mass is 508 g/mol. The zero-order valence-corrected chi connectivity index (χ0v) is 20.8. The molecule has 0 radical (unpaired) electrons. The van der Waals surface area contributed by atoms with Crippen LogP contribution in [0.4, 0.5) is 0 Å². The van der Waals surface area contributed by atoms with Crippen molar-refractivity contribution in [2.45, 2.75) is 11.8 Å². The van der Waals surface area contributed by atoms with Crippen molar-refractivity contribution in [3.8, 4) is 11.5 Å². The van der Waals surface area contributed by atoms with Crippen LogP contribution in [-0.4, -0.2) is 28.4 Å². The summed E-state index contributed by atoms with van der Waals surface area (Å²) in [7, 11) is 0. The van der Waals surface area contributed by atoms with Crippen molar-refractivity contribution in [2.75, 3.05) is 19.0 Å². The van der Waals surface area contributed by atoms with E-state index in [9.17, 15) is 4.79 Å². The first kappa shape index (κ1) is 22.8. The van der Waals surface area contributed by atoms with Gasteiger partial charge in [-0.25, -0.2) is 9.38 Å². The number of imidazole rings is 1. The molecule has 172 valence electrons. The Labute approximate surface area is 209 Å². The van der Waals surface area contributed by atoms with Crippen molar-refractivity contribution in [3.63, 3.8) is 0 Å². The summed E-state index contributed by atoms with van der Waals surface area (Å²) < 4.78 is 14.1. The zero-order valence-electron chi connectivity index (χ0n) is 18.4. The molecule has 5 rings (SSSR count). The summed E-state index contributed by atoms with van der Waals surface area (Å²) in [6, 6.07) is 21.2. The first-order chi connectivity index (χ1) is 16.6. The largest absolute Gasteiger partial charge is 0.490 e. The summed E-state index contributed by atoms with van der Waals surface area (Å²) in [5.74, 6) is 2.14. The summed E-state index contributed by atoms with van der Waals surface area (Å²) in [5.41, 5.74) is 2.46. The summed E-state index contributed by atoms with van der Waals surface area (Å²) in [4.78, 5) is 19.4. The van der Waals surface area contributed by atoms with E-state index < -0.39 is 0 Å². The molecule has 0 aliphatic rings. The summed E-state index contributed by atoms with van der Waals surface area (Å²) in [5, 5.41) is 0.730. The van der Waals surface area contributed by atoms with Gasteiger partial charge in [-0.05, 0) is 67.1 Å². The SMILES string of the molecule is CCOc1cc(/C=c2\sc3nc4ccccc4n3c2=O)ccc1OCCSc1ccc(Cl)cc1. The number of ether oxygens (including phenoxy) is 2. The molecule has 0 spiro atoms. The molecule has 0 fully saturated rings. The molecule has 3 aromatic carbocycles. The van der Waals surface area contributed by atoms with Gasteiger partial charge in [0.05, 0.1) is 28.8 Å². The molecular formula is C26H21ClN2O3S2. The molecule has 0 atom stereocenters. The predicted octanol–water partition coefficient (Wildman–Crippen LogP) is 5.68. The van der Waals surface area contributed by atoms with Gasteiger partial charge in [0, 0.05) is 15.7 Å². The number of rotatable bonds is 8. The number of fused-ring (bicyclic) bond motifs is 3. The second kappa shape index (κ2) is 10.1. The molecule has 0 saturated heterocycles. The standard InChI is InChI=1S/C26H21ClN2O3S2/c1-2-31-23-15-17(7-12-22(23)32-13-14-33-19-10-8-18(27)9-11-19)16-24-25(30)29-21-6-4-3-5-20(21)28-26(29)34-24/h3-12,15-16H,2,13-14H2,1H3/b24-16-. The maximum atomic E-state index is 13.0. The normalized spacial score (nSPS) is 12.0. The van der Waals surface area contributed by atoms with E-state index in [1.807, 2.05) is 79.7 Å². The van der Waals surface area contributed by atoms with Gasteiger partial charge in [-0.1, -0.05) is 41.1 Å². The van der Waals surface area contributed by atoms with Crippen molar-refractivity contribution in [3.05, 3.63) is 92.2 Å². The van der Waals surface area contributed by atoms with Crippen LogP contribution in [0.2, 0.25) is 5.02 Å². The Morgan fingerprint density at radius 1 is 1.06 bits per heavy atom. The molecule has 2 heterocycles. The molecule has 8 heteroatoms. The summed E-state index contributed by atoms with van der Waals surface area (Å²) in [6.45, 7) is 2.99. The van der Waals surface area contributed by atoms with Crippen LogP contribution in [-0.2, 0) is 0 Å². The number of hydrogen-bond acceptors (Lipinski definition) is 6. The van der Waals surface area contributed by atoms with Crippen LogP contribution in [0.3, 0.4) is 0 Å². The fraction of sp³-hybridized carbons (Fsp3) is 0.154. The minimum atomic E-state index is -0.0637. The Hall–Kier alpha value is -3.00. The Bertz CT molecular complexity index is 1560. The number of nitrogens with zero attached hydrogens (tertiary/aromatic N) is 2. The highest BCUT2D eigenvalue weighted by atomic mass is 35.5. The number of hydrogen-bond donors (Lipinski definition) is 0. The highest BCUT2D eigenvalue weighted by molar-refractivity contribution is 7.99. The highest BCUT2D eigenvalue weighted by Gasteiger charge is 2.11. The number of thiazole rings is 1. The van der Waals surface area contributed by atoms with Crippen molar-refractivity contribution < 1.29 is 9.47 Å². The Morgan fingerprint density at radius 3 is 2.71 bits per heavy atom. The second-order valence-corrected chi connectivity index (χ2v) is 10.0. The maximum absolute atomic E-state index is 13.0. The van der Waals surface area contributed by atoms with Gasteiger partial charge in [-0.3, -0.25) is 4.79 Å². The number of benzene rings is 3. The van der Waals surface area contributed by atoms with E-state index in [0.717, 1.165) is 32.3 Å². The fourth-order valence-electron chi connectivity index (χ4n) is 3.61. The van der Waals surface area contributed by atoms with Crippen molar-refractivity contribution in [1.82, 2.24) is 9.38 Å². The van der Waals surface area contributed by atoms with Gasteiger partial charge in [-0.2, -0.15) is 0 Å². The minimum absolute atomic E-state index is 0.0637. The van der Waals surface area contributed by atoms with Gasteiger partial charge in [-0.15, -0.1) is 11.8 Å². The van der Waals surface area contributed by atoms with E-state index in [1.54, 1.807) is 16.2 Å².